The van der Waals surface area contributed by atoms with E-state index in [0.29, 0.717) is 11.8 Å². The van der Waals surface area contributed by atoms with Crippen LogP contribution in [0.15, 0.2) is 18.2 Å². The molecule has 0 aliphatic carbocycles. The second-order valence-corrected chi connectivity index (χ2v) is 4.43. The Labute approximate surface area is 102 Å². The van der Waals surface area contributed by atoms with E-state index >= 15 is 0 Å². The highest BCUT2D eigenvalue weighted by Crippen LogP contribution is 2.25. The zero-order valence-corrected chi connectivity index (χ0v) is 10.3. The van der Waals surface area contributed by atoms with Gasteiger partial charge < -0.3 is 14.6 Å². The summed E-state index contributed by atoms with van der Waals surface area (Å²) in [5.74, 6) is 0.966. The third kappa shape index (κ3) is 2.90. The molecule has 0 saturated carbocycles. The molecular formula is C13H19NO3. The summed E-state index contributed by atoms with van der Waals surface area (Å²) in [4.78, 5) is 2.22. The molecule has 1 aromatic carbocycles. The van der Waals surface area contributed by atoms with Gasteiger partial charge in [0.15, 0.2) is 0 Å². The van der Waals surface area contributed by atoms with Gasteiger partial charge in [-0.1, -0.05) is 6.07 Å². The second-order valence-electron chi connectivity index (χ2n) is 4.43. The van der Waals surface area contributed by atoms with Gasteiger partial charge in [0.25, 0.3) is 0 Å². The molecule has 4 heteroatoms. The molecule has 1 heterocycles. The van der Waals surface area contributed by atoms with Crippen LogP contribution in [-0.4, -0.2) is 43.4 Å². The quantitative estimate of drug-likeness (QED) is 0.864. The monoisotopic (exact) mass is 237 g/mol. The van der Waals surface area contributed by atoms with Crippen LogP contribution in [0.25, 0.3) is 0 Å². The Morgan fingerprint density at radius 3 is 2.94 bits per heavy atom. The first-order valence-corrected chi connectivity index (χ1v) is 5.84. The van der Waals surface area contributed by atoms with Gasteiger partial charge in [-0.3, -0.25) is 4.90 Å². The van der Waals surface area contributed by atoms with E-state index in [9.17, 15) is 5.11 Å². The smallest absolute Gasteiger partial charge is 0.123 e. The van der Waals surface area contributed by atoms with Gasteiger partial charge in [0.2, 0.25) is 0 Å². The highest BCUT2D eigenvalue weighted by Gasteiger charge is 2.20. The van der Waals surface area contributed by atoms with Gasteiger partial charge in [-0.05, 0) is 19.5 Å². The first-order chi connectivity index (χ1) is 8.20. The maximum Gasteiger partial charge on any atom is 0.123 e. The first kappa shape index (κ1) is 12.2. The summed E-state index contributed by atoms with van der Waals surface area (Å²) < 4.78 is 10.4. The molecule has 17 heavy (non-hydrogen) atoms. The number of likely N-dealkylation sites (N-methyl/N-ethyl adjacent to an activating group) is 1. The van der Waals surface area contributed by atoms with Crippen LogP contribution >= 0.6 is 0 Å². The minimum atomic E-state index is 0.287. The summed E-state index contributed by atoms with van der Waals surface area (Å²) in [6.07, 6.45) is 1.06. The van der Waals surface area contributed by atoms with Crippen molar-refractivity contribution in [1.29, 1.82) is 0 Å². The molecule has 1 aliphatic rings. The number of nitrogens with zero attached hydrogens (tertiary/aromatic N) is 1. The molecule has 2 rings (SSSR count). The molecule has 1 atom stereocenters. The van der Waals surface area contributed by atoms with E-state index in [4.69, 9.17) is 9.47 Å². The van der Waals surface area contributed by atoms with Crippen molar-refractivity contribution in [2.75, 3.05) is 27.4 Å². The lowest BCUT2D eigenvalue weighted by molar-refractivity contribution is 0.156. The van der Waals surface area contributed by atoms with Gasteiger partial charge in [-0.15, -0.1) is 0 Å². The van der Waals surface area contributed by atoms with Crippen molar-refractivity contribution in [3.63, 3.8) is 0 Å². The van der Waals surface area contributed by atoms with Gasteiger partial charge in [0, 0.05) is 30.8 Å². The van der Waals surface area contributed by atoms with E-state index < -0.39 is 0 Å². The summed E-state index contributed by atoms with van der Waals surface area (Å²) in [7, 11) is 3.65. The van der Waals surface area contributed by atoms with Crippen molar-refractivity contribution in [3.8, 4) is 11.5 Å². The number of ether oxygens (including phenoxy) is 2. The standard InChI is InChI=1S/C13H19NO3/c1-14(11-5-6-17-9-11)8-10-3-4-12(16-2)7-13(10)15/h3-4,7,11,15H,5-6,8-9H2,1-2H3. The Balaban J connectivity index is 2.02. The summed E-state index contributed by atoms with van der Waals surface area (Å²) in [5.41, 5.74) is 0.917. The Hall–Kier alpha value is -1.26. The van der Waals surface area contributed by atoms with Crippen molar-refractivity contribution in [2.24, 2.45) is 0 Å². The Morgan fingerprint density at radius 1 is 1.53 bits per heavy atom. The molecule has 94 valence electrons. The molecule has 0 radical (unpaired) electrons. The first-order valence-electron chi connectivity index (χ1n) is 5.84. The number of phenolic OH excluding ortho intramolecular Hbond substituents is 1. The minimum Gasteiger partial charge on any atom is -0.507 e. The van der Waals surface area contributed by atoms with Gasteiger partial charge in [0.1, 0.15) is 11.5 Å². The molecule has 1 aliphatic heterocycles. The molecule has 1 fully saturated rings. The summed E-state index contributed by atoms with van der Waals surface area (Å²) in [6, 6.07) is 5.87. The lowest BCUT2D eigenvalue weighted by Crippen LogP contribution is -2.31. The van der Waals surface area contributed by atoms with E-state index in [1.165, 1.54) is 0 Å². The van der Waals surface area contributed by atoms with E-state index in [-0.39, 0.29) is 5.75 Å². The lowest BCUT2D eigenvalue weighted by atomic mass is 10.1. The Morgan fingerprint density at radius 2 is 2.35 bits per heavy atom. The average molecular weight is 237 g/mol. The van der Waals surface area contributed by atoms with Crippen molar-refractivity contribution in [3.05, 3.63) is 23.8 Å². The van der Waals surface area contributed by atoms with E-state index in [0.717, 1.165) is 31.7 Å². The van der Waals surface area contributed by atoms with Gasteiger partial charge in [-0.25, -0.2) is 0 Å². The summed E-state index contributed by atoms with van der Waals surface area (Å²) in [5, 5.41) is 9.88. The fourth-order valence-corrected chi connectivity index (χ4v) is 2.07. The van der Waals surface area contributed by atoms with Gasteiger partial charge in [-0.2, -0.15) is 0 Å². The summed E-state index contributed by atoms with van der Waals surface area (Å²) in [6.45, 7) is 2.35. The highest BCUT2D eigenvalue weighted by molar-refractivity contribution is 5.39. The number of benzene rings is 1. The van der Waals surface area contributed by atoms with Crippen LogP contribution in [0, 0.1) is 0 Å². The van der Waals surface area contributed by atoms with Crippen LogP contribution in [0.1, 0.15) is 12.0 Å². The van der Waals surface area contributed by atoms with Crippen LogP contribution in [0.2, 0.25) is 0 Å². The lowest BCUT2D eigenvalue weighted by Gasteiger charge is -2.23. The fraction of sp³-hybridized carbons (Fsp3) is 0.538. The number of hydrogen-bond donors (Lipinski definition) is 1. The van der Waals surface area contributed by atoms with Crippen LogP contribution in [-0.2, 0) is 11.3 Å². The molecule has 0 amide bonds. The SMILES string of the molecule is COc1ccc(CN(C)C2CCOC2)c(O)c1. The Kier molecular flexibility index (Phi) is 3.86. The van der Waals surface area contributed by atoms with E-state index in [1.807, 2.05) is 12.1 Å². The molecule has 1 saturated heterocycles. The third-order valence-corrected chi connectivity index (χ3v) is 3.24. The van der Waals surface area contributed by atoms with Crippen molar-refractivity contribution in [1.82, 2.24) is 4.90 Å². The minimum absolute atomic E-state index is 0.287. The fourth-order valence-electron chi connectivity index (χ4n) is 2.07. The summed E-state index contributed by atoms with van der Waals surface area (Å²) >= 11 is 0. The normalized spacial score (nSPS) is 19.8. The number of methoxy groups -OCH3 is 1. The predicted molar refractivity (Wildman–Crippen MR) is 65.3 cm³/mol. The highest BCUT2D eigenvalue weighted by atomic mass is 16.5. The molecule has 0 spiro atoms. The maximum atomic E-state index is 9.88. The average Bonchev–Trinajstić information content (AvgIpc) is 2.85. The number of aromatic hydroxyl groups is 1. The molecule has 0 aromatic heterocycles. The number of hydrogen-bond acceptors (Lipinski definition) is 4. The molecule has 1 unspecified atom stereocenters. The van der Waals surface area contributed by atoms with E-state index in [2.05, 4.69) is 11.9 Å². The number of rotatable bonds is 4. The molecule has 1 N–H and O–H groups in total. The zero-order chi connectivity index (χ0) is 12.3. The number of phenols is 1. The maximum absolute atomic E-state index is 9.88. The van der Waals surface area contributed by atoms with Crippen LogP contribution in [0.4, 0.5) is 0 Å². The van der Waals surface area contributed by atoms with Gasteiger partial charge in [0.05, 0.1) is 13.7 Å². The van der Waals surface area contributed by atoms with Gasteiger partial charge >= 0.3 is 0 Å². The van der Waals surface area contributed by atoms with Crippen molar-refractivity contribution in [2.45, 2.75) is 19.0 Å². The van der Waals surface area contributed by atoms with Crippen molar-refractivity contribution < 1.29 is 14.6 Å². The molecule has 4 nitrogen and oxygen atoms in total. The zero-order valence-electron chi connectivity index (χ0n) is 10.3. The third-order valence-electron chi connectivity index (χ3n) is 3.24. The van der Waals surface area contributed by atoms with Crippen LogP contribution < -0.4 is 4.74 Å². The molecule has 0 bridgehead atoms. The van der Waals surface area contributed by atoms with Crippen LogP contribution in [0.3, 0.4) is 0 Å². The van der Waals surface area contributed by atoms with Crippen LogP contribution in [0.5, 0.6) is 11.5 Å². The molecular weight excluding hydrogens is 218 g/mol. The largest absolute Gasteiger partial charge is 0.507 e. The topological polar surface area (TPSA) is 41.9 Å². The van der Waals surface area contributed by atoms with Crippen molar-refractivity contribution >= 4 is 0 Å². The Bertz CT molecular complexity index is 375. The van der Waals surface area contributed by atoms with E-state index in [1.54, 1.807) is 13.2 Å². The second kappa shape index (κ2) is 5.38. The predicted octanol–water partition coefficient (Wildman–Crippen LogP) is 1.62. The molecule has 1 aromatic rings.